The van der Waals surface area contributed by atoms with Crippen LogP contribution in [0.3, 0.4) is 0 Å². The third-order valence-corrected chi connectivity index (χ3v) is 3.46. The van der Waals surface area contributed by atoms with Gasteiger partial charge in [0.05, 0.1) is 33.0 Å². The minimum atomic E-state index is -0.107. The van der Waals surface area contributed by atoms with Crippen molar-refractivity contribution in [3.05, 3.63) is 23.3 Å². The van der Waals surface area contributed by atoms with E-state index in [0.29, 0.717) is 33.0 Å². The maximum atomic E-state index is 9.61. The van der Waals surface area contributed by atoms with E-state index in [0.717, 1.165) is 43.4 Å². The number of phenolic OH excluding ortho intramolecular Hbond substituents is 2. The molecule has 0 unspecified atom stereocenters. The van der Waals surface area contributed by atoms with Crippen LogP contribution >= 0.6 is 0 Å². The van der Waals surface area contributed by atoms with Gasteiger partial charge in [0.15, 0.2) is 11.5 Å². The molecule has 5 heteroatoms. The van der Waals surface area contributed by atoms with Gasteiger partial charge in [-0.15, -0.1) is 0 Å². The zero-order valence-electron chi connectivity index (χ0n) is 14.3. The van der Waals surface area contributed by atoms with E-state index < -0.39 is 0 Å². The number of benzene rings is 1. The number of rotatable bonds is 13. The molecule has 0 fully saturated rings. The molecule has 0 aliphatic carbocycles. The van der Waals surface area contributed by atoms with Crippen molar-refractivity contribution in [2.75, 3.05) is 33.0 Å². The van der Waals surface area contributed by atoms with Crippen LogP contribution in [-0.2, 0) is 27.2 Å². The van der Waals surface area contributed by atoms with Gasteiger partial charge in [0.2, 0.25) is 0 Å². The maximum absolute atomic E-state index is 9.61. The molecule has 0 bridgehead atoms. The van der Waals surface area contributed by atoms with Crippen molar-refractivity contribution >= 4 is 0 Å². The van der Waals surface area contributed by atoms with E-state index in [1.54, 1.807) is 12.1 Å². The first kappa shape index (κ1) is 19.7. The van der Waals surface area contributed by atoms with Gasteiger partial charge in [-0.1, -0.05) is 26.7 Å². The topological polar surface area (TPSA) is 68.2 Å². The predicted octanol–water partition coefficient (Wildman–Crippen LogP) is 3.40. The summed E-state index contributed by atoms with van der Waals surface area (Å²) in [4.78, 5) is 0. The SMILES string of the molecule is CCCCOCCOCCOCc1cc(O)c(O)cc1CCC. The summed E-state index contributed by atoms with van der Waals surface area (Å²) >= 11 is 0. The normalized spacial score (nSPS) is 11.0. The molecule has 5 nitrogen and oxygen atoms in total. The summed E-state index contributed by atoms with van der Waals surface area (Å²) in [5, 5.41) is 19.2. The standard InChI is InChI=1S/C18H30O5/c1-3-5-7-21-8-9-22-10-11-23-14-16-13-18(20)17(19)12-15(16)6-4-2/h12-13,19-20H,3-11,14H2,1-2H3. The number of aryl methyl sites for hydroxylation is 1. The van der Waals surface area contributed by atoms with E-state index >= 15 is 0 Å². The molecule has 0 aliphatic rings. The first-order valence-corrected chi connectivity index (χ1v) is 8.46. The smallest absolute Gasteiger partial charge is 0.157 e. The highest BCUT2D eigenvalue weighted by atomic mass is 16.5. The molecule has 1 rings (SSSR count). The van der Waals surface area contributed by atoms with Crippen LogP contribution < -0.4 is 0 Å². The van der Waals surface area contributed by atoms with Crippen LogP contribution in [0.5, 0.6) is 11.5 Å². The Morgan fingerprint density at radius 3 is 1.91 bits per heavy atom. The third-order valence-electron chi connectivity index (χ3n) is 3.46. The number of aromatic hydroxyl groups is 2. The van der Waals surface area contributed by atoms with Crippen molar-refractivity contribution in [3.63, 3.8) is 0 Å². The van der Waals surface area contributed by atoms with Gasteiger partial charge in [-0.05, 0) is 36.1 Å². The monoisotopic (exact) mass is 326 g/mol. The molecule has 1 aromatic rings. The second-order valence-corrected chi connectivity index (χ2v) is 5.49. The Balaban J connectivity index is 2.19. The molecule has 0 atom stereocenters. The lowest BCUT2D eigenvalue weighted by Gasteiger charge is -2.12. The van der Waals surface area contributed by atoms with Gasteiger partial charge < -0.3 is 24.4 Å². The Bertz CT molecular complexity index is 434. The van der Waals surface area contributed by atoms with Crippen molar-refractivity contribution in [1.82, 2.24) is 0 Å². The molecule has 2 N–H and O–H groups in total. The molecule has 0 aliphatic heterocycles. The van der Waals surface area contributed by atoms with Crippen molar-refractivity contribution < 1.29 is 24.4 Å². The van der Waals surface area contributed by atoms with Gasteiger partial charge in [0.25, 0.3) is 0 Å². The Hall–Kier alpha value is -1.30. The van der Waals surface area contributed by atoms with E-state index in [-0.39, 0.29) is 11.5 Å². The lowest BCUT2D eigenvalue weighted by Crippen LogP contribution is -2.10. The molecule has 132 valence electrons. The second-order valence-electron chi connectivity index (χ2n) is 5.49. The highest BCUT2D eigenvalue weighted by Crippen LogP contribution is 2.29. The molecule has 0 saturated heterocycles. The van der Waals surface area contributed by atoms with Crippen LogP contribution in [0.4, 0.5) is 0 Å². The Morgan fingerprint density at radius 2 is 1.30 bits per heavy atom. The Kier molecular flexibility index (Phi) is 10.4. The van der Waals surface area contributed by atoms with E-state index in [4.69, 9.17) is 14.2 Å². The van der Waals surface area contributed by atoms with E-state index in [1.807, 2.05) is 0 Å². The lowest BCUT2D eigenvalue weighted by atomic mass is 10.0. The van der Waals surface area contributed by atoms with Gasteiger partial charge >= 0.3 is 0 Å². The van der Waals surface area contributed by atoms with Crippen LogP contribution in [0.25, 0.3) is 0 Å². The average molecular weight is 326 g/mol. The highest BCUT2D eigenvalue weighted by molar-refractivity contribution is 5.45. The Labute approximate surface area is 139 Å². The number of hydrogen-bond acceptors (Lipinski definition) is 5. The third kappa shape index (κ3) is 8.21. The lowest BCUT2D eigenvalue weighted by molar-refractivity contribution is 0.0101. The van der Waals surface area contributed by atoms with Crippen molar-refractivity contribution in [3.8, 4) is 11.5 Å². The molecule has 0 spiro atoms. The predicted molar refractivity (Wildman–Crippen MR) is 90.0 cm³/mol. The fourth-order valence-electron chi connectivity index (χ4n) is 2.17. The molecular weight excluding hydrogens is 296 g/mol. The molecule has 0 saturated carbocycles. The van der Waals surface area contributed by atoms with Crippen LogP contribution in [0.1, 0.15) is 44.2 Å². The quantitative estimate of drug-likeness (QED) is 0.429. The second kappa shape index (κ2) is 12.2. The number of hydrogen-bond donors (Lipinski definition) is 2. The molecular formula is C18H30O5. The van der Waals surface area contributed by atoms with Gasteiger partial charge in [-0.25, -0.2) is 0 Å². The summed E-state index contributed by atoms with van der Waals surface area (Å²) in [5.41, 5.74) is 1.91. The van der Waals surface area contributed by atoms with Crippen LogP contribution in [0, 0.1) is 0 Å². The van der Waals surface area contributed by atoms with Crippen molar-refractivity contribution in [2.24, 2.45) is 0 Å². The van der Waals surface area contributed by atoms with Gasteiger partial charge in [0, 0.05) is 6.61 Å². The van der Waals surface area contributed by atoms with E-state index in [2.05, 4.69) is 13.8 Å². The summed E-state index contributed by atoms with van der Waals surface area (Å²) in [6, 6.07) is 3.18. The number of phenols is 2. The highest BCUT2D eigenvalue weighted by Gasteiger charge is 2.08. The first-order valence-electron chi connectivity index (χ1n) is 8.46. The number of ether oxygens (including phenoxy) is 3. The fraction of sp³-hybridized carbons (Fsp3) is 0.667. The van der Waals surface area contributed by atoms with Crippen LogP contribution in [-0.4, -0.2) is 43.2 Å². The zero-order valence-corrected chi connectivity index (χ0v) is 14.3. The largest absolute Gasteiger partial charge is 0.504 e. The van der Waals surface area contributed by atoms with Crippen molar-refractivity contribution in [1.29, 1.82) is 0 Å². The summed E-state index contributed by atoms with van der Waals surface area (Å²) in [7, 11) is 0. The summed E-state index contributed by atoms with van der Waals surface area (Å²) in [6.45, 7) is 7.61. The van der Waals surface area contributed by atoms with Crippen molar-refractivity contribution in [2.45, 2.75) is 46.1 Å². The van der Waals surface area contributed by atoms with Gasteiger partial charge in [-0.2, -0.15) is 0 Å². The molecule has 0 amide bonds. The fourth-order valence-corrected chi connectivity index (χ4v) is 2.17. The van der Waals surface area contributed by atoms with Gasteiger partial charge in [0.1, 0.15) is 0 Å². The van der Waals surface area contributed by atoms with E-state index in [9.17, 15) is 10.2 Å². The van der Waals surface area contributed by atoms with E-state index in [1.165, 1.54) is 0 Å². The Morgan fingerprint density at radius 1 is 0.739 bits per heavy atom. The summed E-state index contributed by atoms with van der Waals surface area (Å²) < 4.78 is 16.4. The minimum Gasteiger partial charge on any atom is -0.504 e. The van der Waals surface area contributed by atoms with Crippen LogP contribution in [0.15, 0.2) is 12.1 Å². The van der Waals surface area contributed by atoms with Crippen LogP contribution in [0.2, 0.25) is 0 Å². The maximum Gasteiger partial charge on any atom is 0.157 e. The minimum absolute atomic E-state index is 0.0800. The van der Waals surface area contributed by atoms with Gasteiger partial charge in [-0.3, -0.25) is 0 Å². The molecule has 23 heavy (non-hydrogen) atoms. The molecule has 0 radical (unpaired) electrons. The average Bonchev–Trinajstić information content (AvgIpc) is 2.53. The first-order chi connectivity index (χ1) is 11.2. The summed E-state index contributed by atoms with van der Waals surface area (Å²) in [5.74, 6) is -0.187. The molecule has 0 heterocycles. The number of unbranched alkanes of at least 4 members (excludes halogenated alkanes) is 1. The zero-order chi connectivity index (χ0) is 16.9. The summed E-state index contributed by atoms with van der Waals surface area (Å²) in [6.07, 6.45) is 4.04. The molecule has 0 aromatic heterocycles. The molecule has 1 aromatic carbocycles.